The molecule has 4 aromatic heterocycles. The van der Waals surface area contributed by atoms with E-state index in [1.54, 1.807) is 6.20 Å². The molecule has 43 heavy (non-hydrogen) atoms. The number of nitrogens with two attached hydrogens (primary N) is 1. The standard InChI is InChI=1S/C32H25F2N7O2/c33-28(34)26-11-4-19(17-37-26)32(42)40-25-10-3-18-16-21(7-9-23(18)25)41-30(24-2-1-14-36-29(24)35)39-27-12-6-20(38-31(27)41)5-8-22-13-15-43-22/h1-2,4,6-7,9,11-12,14,16-17,22,25,28H,3,10,13,15H2,(H2,35,36)(H,40,42)/t22-,25-/m0/s1. The number of benzene rings is 1. The third kappa shape index (κ3) is 5.06. The number of fused-ring (bicyclic) bond motifs is 2. The van der Waals surface area contributed by atoms with Crippen molar-refractivity contribution in [2.45, 2.75) is 37.8 Å². The summed E-state index contributed by atoms with van der Waals surface area (Å²) in [4.78, 5) is 30.6. The van der Waals surface area contributed by atoms with Crippen LogP contribution in [-0.2, 0) is 11.2 Å². The SMILES string of the molecule is Nc1ncccc1-c1nc2ccc(C#C[C@H]3CCO3)nc2n1-c1ccc2c(c1)CC[C@@H]2NC(=O)c1ccc(C(F)F)nc1. The number of carbonyl (C=O) groups excluding carboxylic acids is 1. The topological polar surface area (TPSA) is 121 Å². The highest BCUT2D eigenvalue weighted by atomic mass is 19.3. The number of halogens is 2. The smallest absolute Gasteiger partial charge is 0.280 e. The third-order valence-corrected chi connectivity index (χ3v) is 7.68. The average molecular weight is 578 g/mol. The molecule has 3 N–H and O–H groups in total. The first kappa shape index (κ1) is 26.7. The summed E-state index contributed by atoms with van der Waals surface area (Å²) in [5.41, 5.74) is 11.6. The lowest BCUT2D eigenvalue weighted by Crippen LogP contribution is -2.27. The second-order valence-corrected chi connectivity index (χ2v) is 10.4. The maximum Gasteiger partial charge on any atom is 0.280 e. The number of anilines is 1. The third-order valence-electron chi connectivity index (χ3n) is 7.68. The number of imidazole rings is 1. The molecule has 0 bridgehead atoms. The van der Waals surface area contributed by atoms with E-state index in [-0.39, 0.29) is 29.3 Å². The van der Waals surface area contributed by atoms with Crippen LogP contribution in [0.25, 0.3) is 28.2 Å². The maximum absolute atomic E-state index is 12.9. The summed E-state index contributed by atoms with van der Waals surface area (Å²) >= 11 is 0. The van der Waals surface area contributed by atoms with Gasteiger partial charge in [-0.25, -0.2) is 23.7 Å². The zero-order chi connectivity index (χ0) is 29.5. The number of alkyl halides is 2. The number of aryl methyl sites for hydroxylation is 1. The molecule has 214 valence electrons. The fourth-order valence-corrected chi connectivity index (χ4v) is 5.37. The van der Waals surface area contributed by atoms with Gasteiger partial charge in [0.2, 0.25) is 0 Å². The van der Waals surface area contributed by atoms with Crippen molar-refractivity contribution in [3.8, 4) is 28.9 Å². The van der Waals surface area contributed by atoms with E-state index in [4.69, 9.17) is 20.4 Å². The number of aromatic nitrogens is 5. The minimum absolute atomic E-state index is 0.0634. The number of carbonyl (C=O) groups is 1. The van der Waals surface area contributed by atoms with Crippen LogP contribution >= 0.6 is 0 Å². The van der Waals surface area contributed by atoms with Crippen molar-refractivity contribution in [2.75, 3.05) is 12.3 Å². The highest BCUT2D eigenvalue weighted by Crippen LogP contribution is 2.36. The number of nitrogens with zero attached hydrogens (tertiary/aromatic N) is 5. The normalized spacial score (nSPS) is 17.3. The van der Waals surface area contributed by atoms with Gasteiger partial charge < -0.3 is 15.8 Å². The molecule has 1 aromatic carbocycles. The number of pyridine rings is 3. The Labute approximate surface area is 245 Å². The van der Waals surface area contributed by atoms with Crippen molar-refractivity contribution in [1.29, 1.82) is 0 Å². The Hall–Kier alpha value is -5.21. The molecule has 0 radical (unpaired) electrons. The maximum atomic E-state index is 12.9. The Morgan fingerprint density at radius 2 is 1.98 bits per heavy atom. The Morgan fingerprint density at radius 3 is 2.72 bits per heavy atom. The molecule has 7 rings (SSSR count). The lowest BCUT2D eigenvalue weighted by atomic mass is 10.1. The highest BCUT2D eigenvalue weighted by molar-refractivity contribution is 5.94. The van der Waals surface area contributed by atoms with Gasteiger partial charge in [-0.3, -0.25) is 14.3 Å². The molecule has 5 heterocycles. The van der Waals surface area contributed by atoms with Crippen molar-refractivity contribution in [3.05, 3.63) is 95.1 Å². The number of ether oxygens (including phenoxy) is 1. The van der Waals surface area contributed by atoms with Gasteiger partial charge in [0, 0.05) is 24.5 Å². The summed E-state index contributed by atoms with van der Waals surface area (Å²) in [6.07, 6.45) is 2.40. The van der Waals surface area contributed by atoms with Gasteiger partial charge in [-0.2, -0.15) is 0 Å². The van der Waals surface area contributed by atoms with E-state index in [0.29, 0.717) is 40.5 Å². The van der Waals surface area contributed by atoms with Gasteiger partial charge in [0.05, 0.1) is 23.8 Å². The first-order valence-corrected chi connectivity index (χ1v) is 13.9. The lowest BCUT2D eigenvalue weighted by molar-refractivity contribution is -0.0122. The summed E-state index contributed by atoms with van der Waals surface area (Å²) in [6.45, 7) is 0.725. The van der Waals surface area contributed by atoms with Crippen molar-refractivity contribution >= 4 is 22.9 Å². The van der Waals surface area contributed by atoms with E-state index in [1.165, 1.54) is 18.3 Å². The fraction of sp³-hybridized carbons (Fsp3) is 0.219. The van der Waals surface area contributed by atoms with Crippen LogP contribution in [0, 0.1) is 11.8 Å². The predicted octanol–water partition coefficient (Wildman–Crippen LogP) is 4.96. The molecule has 0 spiro atoms. The Balaban J connectivity index is 1.24. The molecule has 0 unspecified atom stereocenters. The average Bonchev–Trinajstić information content (AvgIpc) is 3.57. The quantitative estimate of drug-likeness (QED) is 0.284. The first-order chi connectivity index (χ1) is 20.9. The number of amides is 1. The molecular weight excluding hydrogens is 552 g/mol. The molecule has 5 aromatic rings. The van der Waals surface area contributed by atoms with Crippen LogP contribution in [0.1, 0.15) is 58.2 Å². The molecule has 1 amide bonds. The van der Waals surface area contributed by atoms with E-state index in [2.05, 4.69) is 33.2 Å². The second-order valence-electron chi connectivity index (χ2n) is 10.4. The fourth-order valence-electron chi connectivity index (χ4n) is 5.37. The van der Waals surface area contributed by atoms with Crippen molar-refractivity contribution in [3.63, 3.8) is 0 Å². The zero-order valence-corrected chi connectivity index (χ0v) is 22.8. The molecule has 1 aliphatic carbocycles. The van der Waals surface area contributed by atoms with Crippen LogP contribution in [0.15, 0.2) is 67.0 Å². The van der Waals surface area contributed by atoms with Crippen LogP contribution in [0.5, 0.6) is 0 Å². The monoisotopic (exact) mass is 577 g/mol. The van der Waals surface area contributed by atoms with Gasteiger partial charge in [0.1, 0.15) is 28.8 Å². The number of hydrogen-bond acceptors (Lipinski definition) is 7. The number of rotatable bonds is 5. The number of nitrogens with one attached hydrogen (secondary N) is 1. The Kier molecular flexibility index (Phi) is 6.75. The van der Waals surface area contributed by atoms with Gasteiger partial charge >= 0.3 is 0 Å². The van der Waals surface area contributed by atoms with E-state index in [1.807, 2.05) is 41.0 Å². The first-order valence-electron chi connectivity index (χ1n) is 13.9. The molecule has 1 saturated heterocycles. The molecule has 9 nitrogen and oxygen atoms in total. The van der Waals surface area contributed by atoms with Crippen LogP contribution < -0.4 is 11.1 Å². The van der Waals surface area contributed by atoms with E-state index >= 15 is 0 Å². The summed E-state index contributed by atoms with van der Waals surface area (Å²) in [6, 6.07) is 15.7. The molecule has 2 atom stereocenters. The summed E-state index contributed by atoms with van der Waals surface area (Å²) in [5.74, 6) is 6.82. The van der Waals surface area contributed by atoms with Gasteiger partial charge in [0.25, 0.3) is 12.3 Å². The molecule has 2 aliphatic rings. The second kappa shape index (κ2) is 10.9. The van der Waals surface area contributed by atoms with Gasteiger partial charge in [-0.15, -0.1) is 0 Å². The Bertz CT molecular complexity index is 1920. The van der Waals surface area contributed by atoms with Crippen molar-refractivity contribution < 1.29 is 18.3 Å². The molecule has 1 aliphatic heterocycles. The summed E-state index contributed by atoms with van der Waals surface area (Å²) in [5, 5.41) is 3.02. The van der Waals surface area contributed by atoms with Crippen LogP contribution in [0.4, 0.5) is 14.6 Å². The number of hydrogen-bond donors (Lipinski definition) is 2. The molecular formula is C32H25F2N7O2. The van der Waals surface area contributed by atoms with E-state index < -0.39 is 6.43 Å². The number of nitrogen functional groups attached to an aromatic ring is 1. The molecule has 11 heteroatoms. The van der Waals surface area contributed by atoms with Gasteiger partial charge in [0.15, 0.2) is 11.5 Å². The minimum Gasteiger partial charge on any atom is -0.383 e. The van der Waals surface area contributed by atoms with Gasteiger partial charge in [-0.1, -0.05) is 12.0 Å². The van der Waals surface area contributed by atoms with Crippen LogP contribution in [-0.4, -0.2) is 43.1 Å². The minimum atomic E-state index is -2.69. The summed E-state index contributed by atoms with van der Waals surface area (Å²) < 4.78 is 33.1. The molecule has 1 fully saturated rings. The van der Waals surface area contributed by atoms with Crippen LogP contribution in [0.3, 0.4) is 0 Å². The predicted molar refractivity (Wildman–Crippen MR) is 155 cm³/mol. The summed E-state index contributed by atoms with van der Waals surface area (Å²) in [7, 11) is 0. The highest BCUT2D eigenvalue weighted by Gasteiger charge is 2.26. The Morgan fingerprint density at radius 1 is 1.09 bits per heavy atom. The van der Waals surface area contributed by atoms with Crippen LogP contribution in [0.2, 0.25) is 0 Å². The molecule has 0 saturated carbocycles. The van der Waals surface area contributed by atoms with Crippen molar-refractivity contribution in [2.24, 2.45) is 0 Å². The lowest BCUT2D eigenvalue weighted by Gasteiger charge is -2.20. The zero-order valence-electron chi connectivity index (χ0n) is 22.8. The largest absolute Gasteiger partial charge is 0.383 e. The van der Waals surface area contributed by atoms with Gasteiger partial charge in [-0.05, 0) is 78.4 Å². The van der Waals surface area contributed by atoms with E-state index in [9.17, 15) is 13.6 Å². The van der Waals surface area contributed by atoms with Crippen molar-refractivity contribution in [1.82, 2.24) is 29.8 Å². The van der Waals surface area contributed by atoms with E-state index in [0.717, 1.165) is 36.3 Å².